The van der Waals surface area contributed by atoms with E-state index in [1.54, 1.807) is 4.90 Å². The summed E-state index contributed by atoms with van der Waals surface area (Å²) in [4.78, 5) is 25.9. The summed E-state index contributed by atoms with van der Waals surface area (Å²) in [6.07, 6.45) is 3.52. The van der Waals surface area contributed by atoms with Gasteiger partial charge in [-0.1, -0.05) is 6.42 Å². The molecule has 3 fully saturated rings. The predicted molar refractivity (Wildman–Crippen MR) is 75.7 cm³/mol. The van der Waals surface area contributed by atoms with Gasteiger partial charge in [-0.3, -0.25) is 9.59 Å². The molecule has 5 atom stereocenters. The van der Waals surface area contributed by atoms with Gasteiger partial charge in [-0.25, -0.2) is 0 Å². The normalized spacial score (nSPS) is 38.4. The number of hydrogen-bond donors (Lipinski definition) is 2. The van der Waals surface area contributed by atoms with Crippen LogP contribution in [0.3, 0.4) is 0 Å². The minimum atomic E-state index is -0.873. The molecule has 1 aliphatic carbocycles. The first kappa shape index (κ1) is 14.8. The number of ether oxygens (including phenoxy) is 1. The Labute approximate surface area is 124 Å². The van der Waals surface area contributed by atoms with Crippen LogP contribution in [-0.4, -0.2) is 60.3 Å². The van der Waals surface area contributed by atoms with Crippen molar-refractivity contribution in [3.8, 4) is 0 Å². The summed E-state index contributed by atoms with van der Waals surface area (Å²) in [6.45, 7) is 3.90. The maximum atomic E-state index is 12.9. The number of amides is 1. The molecule has 0 bridgehead atoms. The van der Waals surface area contributed by atoms with E-state index >= 15 is 0 Å². The van der Waals surface area contributed by atoms with Crippen LogP contribution >= 0.6 is 0 Å². The van der Waals surface area contributed by atoms with Crippen molar-refractivity contribution in [2.75, 3.05) is 26.3 Å². The Morgan fingerprint density at radius 1 is 1.33 bits per heavy atom. The molecule has 6 nitrogen and oxygen atoms in total. The topological polar surface area (TPSA) is 78.9 Å². The molecule has 118 valence electrons. The summed E-state index contributed by atoms with van der Waals surface area (Å²) in [6, 6.07) is -0.463. The van der Waals surface area contributed by atoms with E-state index in [1.165, 1.54) is 12.8 Å². The monoisotopic (exact) mass is 296 g/mol. The molecule has 5 unspecified atom stereocenters. The highest BCUT2D eigenvalue weighted by molar-refractivity contribution is 5.84. The first-order chi connectivity index (χ1) is 10.1. The molecule has 3 rings (SSSR count). The molecule has 2 saturated heterocycles. The molecule has 1 saturated carbocycles. The average Bonchev–Trinajstić information content (AvgIpc) is 3.15. The van der Waals surface area contributed by atoms with Crippen molar-refractivity contribution in [2.45, 2.75) is 38.3 Å². The molecule has 6 heteroatoms. The van der Waals surface area contributed by atoms with Crippen molar-refractivity contribution in [2.24, 2.45) is 17.8 Å². The summed E-state index contributed by atoms with van der Waals surface area (Å²) < 4.78 is 5.32. The summed E-state index contributed by atoms with van der Waals surface area (Å²) in [5, 5.41) is 12.7. The van der Waals surface area contributed by atoms with Crippen LogP contribution < -0.4 is 5.32 Å². The number of fused-ring (bicyclic) bond motifs is 1. The quantitative estimate of drug-likeness (QED) is 0.781. The van der Waals surface area contributed by atoms with E-state index < -0.39 is 11.9 Å². The minimum Gasteiger partial charge on any atom is -0.481 e. The number of aliphatic carboxylic acids is 1. The van der Waals surface area contributed by atoms with Crippen LogP contribution in [0.4, 0.5) is 0 Å². The predicted octanol–water partition coefficient (Wildman–Crippen LogP) is 0.323. The second-order valence-electron chi connectivity index (χ2n) is 6.41. The number of carbonyl (C=O) groups excluding carboxylic acids is 1. The van der Waals surface area contributed by atoms with Crippen molar-refractivity contribution >= 4 is 11.9 Å². The fraction of sp³-hybridized carbons (Fsp3) is 0.867. The molecular formula is C15H24N2O4. The first-order valence-electron chi connectivity index (χ1n) is 7.98. The van der Waals surface area contributed by atoms with Gasteiger partial charge in [0.15, 0.2) is 0 Å². The Morgan fingerprint density at radius 2 is 2.14 bits per heavy atom. The molecule has 0 aromatic rings. The largest absolute Gasteiger partial charge is 0.481 e. The zero-order valence-electron chi connectivity index (χ0n) is 12.5. The van der Waals surface area contributed by atoms with Crippen molar-refractivity contribution in [3.63, 3.8) is 0 Å². The van der Waals surface area contributed by atoms with E-state index in [4.69, 9.17) is 4.74 Å². The highest BCUT2D eigenvalue weighted by Gasteiger charge is 2.47. The minimum absolute atomic E-state index is 0.0636. The van der Waals surface area contributed by atoms with Crippen LogP contribution in [0.1, 0.15) is 26.2 Å². The number of carboxylic acids is 1. The summed E-state index contributed by atoms with van der Waals surface area (Å²) in [7, 11) is 0. The van der Waals surface area contributed by atoms with E-state index in [1.807, 2.05) is 6.92 Å². The van der Waals surface area contributed by atoms with Gasteiger partial charge in [0.1, 0.15) is 5.92 Å². The number of rotatable bonds is 4. The highest BCUT2D eigenvalue weighted by atomic mass is 16.5. The van der Waals surface area contributed by atoms with Gasteiger partial charge in [0.05, 0.1) is 25.3 Å². The lowest BCUT2D eigenvalue weighted by Gasteiger charge is -2.33. The second kappa shape index (κ2) is 5.93. The van der Waals surface area contributed by atoms with Crippen LogP contribution in [0, 0.1) is 17.8 Å². The van der Waals surface area contributed by atoms with E-state index in [9.17, 15) is 14.7 Å². The molecule has 0 aromatic carbocycles. The Bertz CT molecular complexity index is 428. The van der Waals surface area contributed by atoms with Gasteiger partial charge in [-0.15, -0.1) is 0 Å². The second-order valence-corrected chi connectivity index (χ2v) is 6.41. The number of hydrogen-bond acceptors (Lipinski definition) is 4. The average molecular weight is 296 g/mol. The Balaban J connectivity index is 1.73. The van der Waals surface area contributed by atoms with Crippen molar-refractivity contribution in [3.05, 3.63) is 0 Å². The van der Waals surface area contributed by atoms with Gasteiger partial charge in [0.2, 0.25) is 5.91 Å². The van der Waals surface area contributed by atoms with E-state index in [0.29, 0.717) is 25.0 Å². The summed E-state index contributed by atoms with van der Waals surface area (Å²) in [5.74, 6) is -0.366. The van der Waals surface area contributed by atoms with Gasteiger partial charge in [0, 0.05) is 6.54 Å². The van der Waals surface area contributed by atoms with E-state index in [0.717, 1.165) is 13.0 Å². The lowest BCUT2D eigenvalue weighted by Crippen LogP contribution is -2.53. The van der Waals surface area contributed by atoms with Gasteiger partial charge in [-0.2, -0.15) is 0 Å². The molecule has 0 spiro atoms. The van der Waals surface area contributed by atoms with Crippen molar-refractivity contribution in [1.82, 2.24) is 10.2 Å². The molecule has 0 aromatic heterocycles. The van der Waals surface area contributed by atoms with Gasteiger partial charge in [0.25, 0.3) is 0 Å². The number of nitrogens with one attached hydrogen (secondary N) is 1. The van der Waals surface area contributed by atoms with Crippen LogP contribution in [0.5, 0.6) is 0 Å². The fourth-order valence-electron chi connectivity index (χ4n) is 4.28. The Morgan fingerprint density at radius 3 is 2.86 bits per heavy atom. The number of likely N-dealkylation sites (N-methyl/N-ethyl adjacent to an activating group) is 1. The molecule has 2 N–H and O–H groups in total. The van der Waals surface area contributed by atoms with Crippen LogP contribution in [0.2, 0.25) is 0 Å². The van der Waals surface area contributed by atoms with E-state index in [2.05, 4.69) is 5.32 Å². The lowest BCUT2D eigenvalue weighted by molar-refractivity contribution is -0.145. The van der Waals surface area contributed by atoms with Crippen molar-refractivity contribution in [1.29, 1.82) is 0 Å². The zero-order valence-corrected chi connectivity index (χ0v) is 12.5. The van der Waals surface area contributed by atoms with Crippen molar-refractivity contribution < 1.29 is 19.4 Å². The Kier molecular flexibility index (Phi) is 4.17. The van der Waals surface area contributed by atoms with Gasteiger partial charge >= 0.3 is 5.97 Å². The third-order valence-electron chi connectivity index (χ3n) is 5.40. The smallest absolute Gasteiger partial charge is 0.311 e. The molecule has 0 radical (unpaired) electrons. The summed E-state index contributed by atoms with van der Waals surface area (Å²) >= 11 is 0. The molecular weight excluding hydrogens is 272 g/mol. The third-order valence-corrected chi connectivity index (χ3v) is 5.40. The van der Waals surface area contributed by atoms with Crippen LogP contribution in [-0.2, 0) is 14.3 Å². The molecule has 21 heavy (non-hydrogen) atoms. The number of carboxylic acid groups (broad SMARTS) is 1. The third kappa shape index (κ3) is 2.55. The van der Waals surface area contributed by atoms with E-state index in [-0.39, 0.29) is 24.6 Å². The number of nitrogens with zero attached hydrogens (tertiary/aromatic N) is 1. The maximum Gasteiger partial charge on any atom is 0.311 e. The Hall–Kier alpha value is -1.14. The van der Waals surface area contributed by atoms with Gasteiger partial charge < -0.3 is 20.1 Å². The summed E-state index contributed by atoms with van der Waals surface area (Å²) in [5.41, 5.74) is 0. The van der Waals surface area contributed by atoms with Crippen LogP contribution in [0.15, 0.2) is 0 Å². The molecule has 2 heterocycles. The number of carbonyl (C=O) groups is 2. The zero-order chi connectivity index (χ0) is 15.0. The lowest BCUT2D eigenvalue weighted by atomic mass is 9.92. The molecule has 2 aliphatic heterocycles. The van der Waals surface area contributed by atoms with Gasteiger partial charge in [-0.05, 0) is 38.1 Å². The maximum absolute atomic E-state index is 12.9. The SMILES string of the molecule is CCN(C(=O)C1NCC2CCCC21)C1COCC1C(=O)O. The first-order valence-corrected chi connectivity index (χ1v) is 7.98. The fourth-order valence-corrected chi connectivity index (χ4v) is 4.28. The standard InChI is InChI=1S/C15H24N2O4/c1-2-17(12-8-21-7-11(12)15(19)20)14(18)13-10-5-3-4-9(10)6-16-13/h9-13,16H,2-8H2,1H3,(H,19,20). The highest BCUT2D eigenvalue weighted by Crippen LogP contribution is 2.38. The molecule has 1 amide bonds. The van der Waals surface area contributed by atoms with Crippen LogP contribution in [0.25, 0.3) is 0 Å². The molecule has 3 aliphatic rings.